The van der Waals surface area contributed by atoms with Gasteiger partial charge in [0.15, 0.2) is 0 Å². The van der Waals surface area contributed by atoms with E-state index in [2.05, 4.69) is 34.1 Å². The number of anilines is 2. The van der Waals surface area contributed by atoms with Gasteiger partial charge in [0.25, 0.3) is 5.56 Å². The van der Waals surface area contributed by atoms with Gasteiger partial charge in [0, 0.05) is 54.4 Å². The highest BCUT2D eigenvalue weighted by Gasteiger charge is 2.29. The van der Waals surface area contributed by atoms with Gasteiger partial charge in [0.2, 0.25) is 11.9 Å². The van der Waals surface area contributed by atoms with Gasteiger partial charge < -0.3 is 15.1 Å². The molecule has 11 heteroatoms. The molecule has 0 unspecified atom stereocenters. The van der Waals surface area contributed by atoms with Crippen molar-refractivity contribution in [3.8, 4) is 11.1 Å². The summed E-state index contributed by atoms with van der Waals surface area (Å²) in [6.45, 7) is 12.9. The van der Waals surface area contributed by atoms with E-state index in [1.807, 2.05) is 47.8 Å². The Balaban J connectivity index is 1.56. The van der Waals surface area contributed by atoms with Gasteiger partial charge in [-0.05, 0) is 44.5 Å². The number of nitrogens with one attached hydrogen (secondary N) is 1. The first-order chi connectivity index (χ1) is 20.3. The zero-order valence-electron chi connectivity index (χ0n) is 24.8. The lowest BCUT2D eigenvalue weighted by molar-refractivity contribution is -0.132. The second-order valence-corrected chi connectivity index (χ2v) is 11.1. The average Bonchev–Trinajstić information content (AvgIpc) is 3.45. The maximum atomic E-state index is 14.4. The molecule has 4 heterocycles. The number of benzene rings is 1. The molecule has 1 aliphatic rings. The van der Waals surface area contributed by atoms with Crippen molar-refractivity contribution in [3.63, 3.8) is 0 Å². The Hall–Kier alpha value is -3.76. The molecule has 0 bridgehead atoms. The van der Waals surface area contributed by atoms with E-state index in [0.717, 1.165) is 55.7 Å². The van der Waals surface area contributed by atoms with Gasteiger partial charge in [-0.1, -0.05) is 50.6 Å². The lowest BCUT2D eigenvalue weighted by atomic mass is 9.98. The number of nitrogens with zero attached hydrogens (tertiary/aromatic N) is 7. The molecule has 222 valence electrons. The summed E-state index contributed by atoms with van der Waals surface area (Å²) >= 11 is 6.60. The first-order valence-electron chi connectivity index (χ1n) is 14.8. The van der Waals surface area contributed by atoms with E-state index < -0.39 is 0 Å². The van der Waals surface area contributed by atoms with Crippen LogP contribution in [-0.2, 0) is 11.3 Å². The number of pyridine rings is 1. The van der Waals surface area contributed by atoms with E-state index in [1.165, 1.54) is 0 Å². The van der Waals surface area contributed by atoms with E-state index in [0.29, 0.717) is 47.3 Å². The SMILES string of the molecule is CCC(=O)N1CCC[C@H](n2c(=O)c(-c3ccccc3Cl)c(C)c3cnc(Nc4cnn(CCN(CC)CC)c4)nc32)C1. The average molecular weight is 591 g/mol. The van der Waals surface area contributed by atoms with Crippen molar-refractivity contribution in [1.29, 1.82) is 0 Å². The Kier molecular flexibility index (Phi) is 9.23. The summed E-state index contributed by atoms with van der Waals surface area (Å²) in [5.74, 6) is 0.464. The normalized spacial score (nSPS) is 15.5. The van der Waals surface area contributed by atoms with Crippen LogP contribution in [0.5, 0.6) is 0 Å². The third-order valence-electron chi connectivity index (χ3n) is 8.20. The maximum Gasteiger partial charge on any atom is 0.260 e. The highest BCUT2D eigenvalue weighted by atomic mass is 35.5. The number of carbonyl (C=O) groups excluding carboxylic acids is 1. The van der Waals surface area contributed by atoms with Crippen LogP contribution in [0.25, 0.3) is 22.2 Å². The molecule has 1 atom stereocenters. The number of carbonyl (C=O) groups is 1. The second kappa shape index (κ2) is 13.0. The second-order valence-electron chi connectivity index (χ2n) is 10.7. The summed E-state index contributed by atoms with van der Waals surface area (Å²) in [6.07, 6.45) is 7.45. The molecule has 1 amide bonds. The molecular weight excluding hydrogens is 552 g/mol. The molecule has 3 aromatic heterocycles. The van der Waals surface area contributed by atoms with Gasteiger partial charge in [-0.3, -0.25) is 18.8 Å². The molecule has 1 N–H and O–H groups in total. The lowest BCUT2D eigenvalue weighted by Crippen LogP contribution is -2.43. The molecule has 0 saturated carbocycles. The minimum atomic E-state index is -0.225. The van der Waals surface area contributed by atoms with E-state index >= 15 is 0 Å². The van der Waals surface area contributed by atoms with Crippen LogP contribution in [0.3, 0.4) is 0 Å². The predicted octanol–water partition coefficient (Wildman–Crippen LogP) is 5.28. The van der Waals surface area contributed by atoms with Crippen LogP contribution in [0.4, 0.5) is 11.6 Å². The summed E-state index contributed by atoms with van der Waals surface area (Å²) in [5, 5.41) is 9.03. The number of halogens is 1. The Morgan fingerprint density at radius 3 is 2.69 bits per heavy atom. The quantitative estimate of drug-likeness (QED) is 0.268. The molecule has 5 rings (SSSR count). The molecule has 4 aromatic rings. The Morgan fingerprint density at radius 1 is 1.17 bits per heavy atom. The largest absolute Gasteiger partial charge is 0.341 e. The van der Waals surface area contributed by atoms with Crippen LogP contribution in [0.1, 0.15) is 51.6 Å². The Labute approximate surface area is 251 Å². The van der Waals surface area contributed by atoms with Crippen LogP contribution in [0.2, 0.25) is 5.02 Å². The van der Waals surface area contributed by atoms with E-state index in [4.69, 9.17) is 16.6 Å². The lowest BCUT2D eigenvalue weighted by Gasteiger charge is -2.34. The van der Waals surface area contributed by atoms with Crippen molar-refractivity contribution in [1.82, 2.24) is 34.1 Å². The van der Waals surface area contributed by atoms with Crippen molar-refractivity contribution in [2.45, 2.75) is 59.5 Å². The highest BCUT2D eigenvalue weighted by Crippen LogP contribution is 2.33. The van der Waals surface area contributed by atoms with E-state index in [1.54, 1.807) is 23.0 Å². The molecule has 42 heavy (non-hydrogen) atoms. The zero-order valence-corrected chi connectivity index (χ0v) is 25.6. The van der Waals surface area contributed by atoms with Gasteiger partial charge >= 0.3 is 0 Å². The van der Waals surface area contributed by atoms with Crippen molar-refractivity contribution >= 4 is 40.2 Å². The monoisotopic (exact) mass is 590 g/mol. The maximum absolute atomic E-state index is 14.4. The van der Waals surface area contributed by atoms with Crippen molar-refractivity contribution < 1.29 is 4.79 Å². The smallest absolute Gasteiger partial charge is 0.260 e. The number of piperidine rings is 1. The molecule has 0 spiro atoms. The van der Waals surface area contributed by atoms with Crippen LogP contribution >= 0.6 is 11.6 Å². The molecule has 1 fully saturated rings. The standard InChI is InChI=1S/C31H39ClN8O2/c1-5-27(41)38-14-10-11-23(20-38)40-29-25(21(4)28(30(40)42)24-12-8-9-13-26(24)32)18-33-31(36-29)35-22-17-34-39(19-22)16-15-37(6-2)7-3/h8-9,12-13,17-19,23H,5-7,10-11,14-16,20H2,1-4H3,(H,33,35,36)/t23-/m0/s1. The fraction of sp³-hybridized carbons (Fsp3) is 0.452. The number of aromatic nitrogens is 5. The Morgan fingerprint density at radius 2 is 1.95 bits per heavy atom. The number of rotatable bonds is 10. The van der Waals surface area contributed by atoms with Crippen molar-refractivity contribution in [3.05, 3.63) is 63.8 Å². The third-order valence-corrected chi connectivity index (χ3v) is 8.53. The number of hydrogen-bond donors (Lipinski definition) is 1. The number of likely N-dealkylation sites (tertiary alicyclic amines) is 1. The van der Waals surface area contributed by atoms with Crippen molar-refractivity contribution in [2.24, 2.45) is 0 Å². The summed E-state index contributed by atoms with van der Waals surface area (Å²) in [4.78, 5) is 40.7. The van der Waals surface area contributed by atoms with Crippen LogP contribution < -0.4 is 10.9 Å². The molecule has 1 aromatic carbocycles. The molecule has 0 radical (unpaired) electrons. The fourth-order valence-electron chi connectivity index (χ4n) is 5.79. The van der Waals surface area contributed by atoms with Gasteiger partial charge in [-0.25, -0.2) is 4.98 Å². The summed E-state index contributed by atoms with van der Waals surface area (Å²) in [6, 6.07) is 7.16. The number of fused-ring (bicyclic) bond motifs is 1. The van der Waals surface area contributed by atoms with Gasteiger partial charge in [0.1, 0.15) is 5.65 Å². The summed E-state index contributed by atoms with van der Waals surface area (Å²) in [7, 11) is 0. The van der Waals surface area contributed by atoms with Gasteiger partial charge in [0.05, 0.1) is 30.0 Å². The first-order valence-corrected chi connectivity index (χ1v) is 15.2. The predicted molar refractivity (Wildman–Crippen MR) is 167 cm³/mol. The molecule has 1 aliphatic heterocycles. The molecule has 1 saturated heterocycles. The molecule has 10 nitrogen and oxygen atoms in total. The summed E-state index contributed by atoms with van der Waals surface area (Å²) in [5.41, 5.74) is 3.12. The number of aryl methyl sites for hydroxylation is 1. The van der Waals surface area contributed by atoms with Crippen LogP contribution in [-0.4, -0.2) is 72.7 Å². The van der Waals surface area contributed by atoms with E-state index in [-0.39, 0.29) is 17.5 Å². The number of hydrogen-bond acceptors (Lipinski definition) is 7. The number of amides is 1. The van der Waals surface area contributed by atoms with E-state index in [9.17, 15) is 9.59 Å². The minimum Gasteiger partial charge on any atom is -0.341 e. The highest BCUT2D eigenvalue weighted by molar-refractivity contribution is 6.33. The molecular formula is C31H39ClN8O2. The summed E-state index contributed by atoms with van der Waals surface area (Å²) < 4.78 is 3.66. The topological polar surface area (TPSA) is 101 Å². The van der Waals surface area contributed by atoms with Gasteiger partial charge in [-0.15, -0.1) is 0 Å². The minimum absolute atomic E-state index is 0.0884. The van der Waals surface area contributed by atoms with Crippen molar-refractivity contribution in [2.75, 3.05) is 38.0 Å². The number of likely N-dealkylation sites (N-methyl/N-ethyl adjacent to an activating group) is 1. The first kappa shape index (κ1) is 29.7. The van der Waals surface area contributed by atoms with Crippen LogP contribution in [0, 0.1) is 6.92 Å². The Bertz CT molecular complexity index is 1630. The zero-order chi connectivity index (χ0) is 29.8. The molecule has 0 aliphatic carbocycles. The van der Waals surface area contributed by atoms with Crippen LogP contribution in [0.15, 0.2) is 47.7 Å². The third kappa shape index (κ3) is 6.05. The van der Waals surface area contributed by atoms with Gasteiger partial charge in [-0.2, -0.15) is 10.1 Å². The fourth-order valence-corrected chi connectivity index (χ4v) is 6.02.